The normalized spacial score (nSPS) is 11.3. The molecule has 3 aromatic heterocycles. The lowest BCUT2D eigenvalue weighted by molar-refractivity contribution is -0.695. The lowest BCUT2D eigenvalue weighted by atomic mass is 10.2. The number of hydrogen-bond donors (Lipinski definition) is 2. The Hall–Kier alpha value is -3.67. The number of nitrogens with zero attached hydrogens (tertiary/aromatic N) is 3. The summed E-state index contributed by atoms with van der Waals surface area (Å²) in [6, 6.07) is 18.0. The summed E-state index contributed by atoms with van der Waals surface area (Å²) in [7, 11) is 0. The summed E-state index contributed by atoms with van der Waals surface area (Å²) in [6.45, 7) is 1.71. The van der Waals surface area contributed by atoms with Gasteiger partial charge in [0.05, 0.1) is 6.54 Å². The minimum atomic E-state index is 0.696. The first-order valence-corrected chi connectivity index (χ1v) is 9.39. The van der Waals surface area contributed by atoms with Crippen molar-refractivity contribution in [2.75, 3.05) is 11.9 Å². The van der Waals surface area contributed by atoms with Crippen molar-refractivity contribution < 1.29 is 8.98 Å². The van der Waals surface area contributed by atoms with Crippen molar-refractivity contribution >= 4 is 27.9 Å². The first-order valence-electron chi connectivity index (χ1n) is 9.39. The Bertz CT molecular complexity index is 1210. The average Bonchev–Trinajstić information content (AvgIpc) is 3.39. The van der Waals surface area contributed by atoms with E-state index in [1.54, 1.807) is 0 Å². The first kappa shape index (κ1) is 16.5. The van der Waals surface area contributed by atoms with E-state index in [0.29, 0.717) is 11.4 Å². The van der Waals surface area contributed by atoms with Crippen LogP contribution in [0.4, 0.5) is 5.82 Å². The van der Waals surface area contributed by atoms with Crippen molar-refractivity contribution in [3.05, 3.63) is 73.3 Å². The molecule has 6 nitrogen and oxygen atoms in total. The molecular formula is C22H20N5O+. The average molecular weight is 370 g/mol. The quantitative estimate of drug-likeness (QED) is 0.348. The van der Waals surface area contributed by atoms with Gasteiger partial charge < -0.3 is 9.73 Å². The van der Waals surface area contributed by atoms with Gasteiger partial charge in [-0.3, -0.25) is 4.98 Å². The van der Waals surface area contributed by atoms with E-state index in [0.717, 1.165) is 47.4 Å². The summed E-state index contributed by atoms with van der Waals surface area (Å²) in [4.78, 5) is 12.6. The van der Waals surface area contributed by atoms with Crippen molar-refractivity contribution in [1.29, 1.82) is 0 Å². The van der Waals surface area contributed by atoms with Gasteiger partial charge >= 0.3 is 0 Å². The molecule has 6 heteroatoms. The lowest BCUT2D eigenvalue weighted by Gasteiger charge is -2.08. The zero-order valence-corrected chi connectivity index (χ0v) is 15.3. The molecule has 28 heavy (non-hydrogen) atoms. The molecule has 0 aliphatic rings. The predicted molar refractivity (Wildman–Crippen MR) is 109 cm³/mol. The number of aromatic amines is 1. The monoisotopic (exact) mass is 370 g/mol. The van der Waals surface area contributed by atoms with Crippen LogP contribution in [0, 0.1) is 0 Å². The van der Waals surface area contributed by atoms with Gasteiger partial charge in [0.2, 0.25) is 6.33 Å². The molecule has 138 valence electrons. The highest BCUT2D eigenvalue weighted by Gasteiger charge is 2.16. The standard InChI is InChI=1S/C22H19N5O/c1-2-7-16(8-3-1)21-25-19-17-9-4-5-10-18(17)28-20(19)22(26-21)24-11-6-13-27-14-12-23-15-27/h1-5,7-10,12,14-15H,6,11,13H2,(H,24,25,26)/p+1. The summed E-state index contributed by atoms with van der Waals surface area (Å²) in [5.41, 5.74) is 3.35. The number of anilines is 1. The van der Waals surface area contributed by atoms with E-state index in [1.165, 1.54) is 0 Å². The van der Waals surface area contributed by atoms with E-state index in [4.69, 9.17) is 14.4 Å². The van der Waals surface area contributed by atoms with Crippen molar-refractivity contribution in [2.24, 2.45) is 0 Å². The molecule has 0 spiro atoms. The zero-order chi connectivity index (χ0) is 18.8. The number of nitrogens with one attached hydrogen (secondary N) is 2. The third kappa shape index (κ3) is 3.09. The second-order valence-corrected chi connectivity index (χ2v) is 6.67. The van der Waals surface area contributed by atoms with Crippen molar-refractivity contribution in [2.45, 2.75) is 13.0 Å². The SMILES string of the molecule is c1ccc(-c2nc(NCCC[n+]3cc[nH]c3)c3oc4ccccc4c3n2)cc1. The molecule has 0 saturated heterocycles. The van der Waals surface area contributed by atoms with Crippen LogP contribution in [0.2, 0.25) is 0 Å². The fourth-order valence-corrected chi connectivity index (χ4v) is 3.36. The molecular weight excluding hydrogens is 350 g/mol. The Kier molecular flexibility index (Phi) is 4.21. The molecule has 0 radical (unpaired) electrons. The fraction of sp³-hybridized carbons (Fsp3) is 0.136. The second-order valence-electron chi connectivity index (χ2n) is 6.67. The molecule has 0 amide bonds. The Morgan fingerprint density at radius 3 is 2.71 bits per heavy atom. The van der Waals surface area contributed by atoms with Crippen molar-refractivity contribution in [3.63, 3.8) is 0 Å². The number of furan rings is 1. The second kappa shape index (κ2) is 7.15. The highest BCUT2D eigenvalue weighted by Crippen LogP contribution is 2.33. The van der Waals surface area contributed by atoms with Crippen LogP contribution in [0.3, 0.4) is 0 Å². The first-order chi connectivity index (χ1) is 13.9. The maximum atomic E-state index is 6.08. The maximum absolute atomic E-state index is 6.08. The Labute approximate surface area is 161 Å². The third-order valence-corrected chi connectivity index (χ3v) is 4.74. The number of benzene rings is 2. The van der Waals surface area contributed by atoms with Crippen LogP contribution in [0.1, 0.15) is 6.42 Å². The molecule has 0 aliphatic carbocycles. The number of para-hydroxylation sites is 1. The zero-order valence-electron chi connectivity index (χ0n) is 15.3. The molecule has 0 saturated carbocycles. The summed E-state index contributed by atoms with van der Waals surface area (Å²) in [5, 5.41) is 4.46. The van der Waals surface area contributed by atoms with E-state index >= 15 is 0 Å². The predicted octanol–water partition coefficient (Wildman–Crippen LogP) is 4.16. The molecule has 0 unspecified atom stereocenters. The van der Waals surface area contributed by atoms with Gasteiger partial charge in [0.1, 0.15) is 23.5 Å². The van der Waals surface area contributed by atoms with Crippen molar-refractivity contribution in [1.82, 2.24) is 15.0 Å². The topological polar surface area (TPSA) is 70.6 Å². The van der Waals surface area contributed by atoms with Crippen LogP contribution in [-0.2, 0) is 6.54 Å². The number of H-pyrrole nitrogens is 1. The smallest absolute Gasteiger partial charge is 0.241 e. The minimum Gasteiger partial charge on any atom is -0.450 e. The molecule has 3 heterocycles. The van der Waals surface area contributed by atoms with E-state index in [1.807, 2.05) is 73.3 Å². The Morgan fingerprint density at radius 1 is 1.00 bits per heavy atom. The number of imidazole rings is 1. The molecule has 0 bridgehead atoms. The third-order valence-electron chi connectivity index (χ3n) is 4.74. The molecule has 2 aromatic carbocycles. The van der Waals surface area contributed by atoms with Gasteiger partial charge in [-0.25, -0.2) is 14.5 Å². The minimum absolute atomic E-state index is 0.696. The van der Waals surface area contributed by atoms with Crippen LogP contribution in [0.25, 0.3) is 33.5 Å². The van der Waals surface area contributed by atoms with Gasteiger partial charge in [-0.2, -0.15) is 0 Å². The number of rotatable bonds is 6. The van der Waals surface area contributed by atoms with Crippen molar-refractivity contribution in [3.8, 4) is 11.4 Å². The summed E-state index contributed by atoms with van der Waals surface area (Å²) in [5.74, 6) is 1.43. The van der Waals surface area contributed by atoms with Gasteiger partial charge in [-0.05, 0) is 12.1 Å². The van der Waals surface area contributed by atoms with E-state index in [9.17, 15) is 0 Å². The largest absolute Gasteiger partial charge is 0.450 e. The molecule has 0 aliphatic heterocycles. The lowest BCUT2D eigenvalue weighted by Crippen LogP contribution is -2.31. The summed E-state index contributed by atoms with van der Waals surface area (Å²) < 4.78 is 8.20. The number of hydrogen-bond acceptors (Lipinski definition) is 4. The van der Waals surface area contributed by atoms with Crippen LogP contribution < -0.4 is 9.88 Å². The van der Waals surface area contributed by atoms with Gasteiger partial charge in [-0.15, -0.1) is 0 Å². The van der Waals surface area contributed by atoms with E-state index < -0.39 is 0 Å². The van der Waals surface area contributed by atoms with Gasteiger partial charge in [0.15, 0.2) is 17.2 Å². The highest BCUT2D eigenvalue weighted by molar-refractivity contribution is 6.06. The summed E-state index contributed by atoms with van der Waals surface area (Å²) in [6.07, 6.45) is 6.86. The molecule has 2 N–H and O–H groups in total. The van der Waals surface area contributed by atoms with Crippen LogP contribution in [0.5, 0.6) is 0 Å². The molecule has 0 atom stereocenters. The number of aromatic nitrogens is 4. The van der Waals surface area contributed by atoms with E-state index in [-0.39, 0.29) is 0 Å². The Morgan fingerprint density at radius 2 is 1.86 bits per heavy atom. The van der Waals surface area contributed by atoms with Gasteiger partial charge in [0, 0.05) is 23.9 Å². The number of fused-ring (bicyclic) bond motifs is 3. The Balaban J connectivity index is 1.52. The van der Waals surface area contributed by atoms with Crippen LogP contribution >= 0.6 is 0 Å². The van der Waals surface area contributed by atoms with Crippen LogP contribution in [-0.4, -0.2) is 21.5 Å². The van der Waals surface area contributed by atoms with Crippen LogP contribution in [0.15, 0.2) is 77.7 Å². The molecule has 5 rings (SSSR count). The number of aryl methyl sites for hydroxylation is 1. The van der Waals surface area contributed by atoms with Gasteiger partial charge in [-0.1, -0.05) is 42.5 Å². The highest BCUT2D eigenvalue weighted by atomic mass is 16.3. The summed E-state index contributed by atoms with van der Waals surface area (Å²) >= 11 is 0. The molecule has 0 fully saturated rings. The van der Waals surface area contributed by atoms with E-state index in [2.05, 4.69) is 14.9 Å². The molecule has 5 aromatic rings. The van der Waals surface area contributed by atoms with Gasteiger partial charge in [0.25, 0.3) is 0 Å². The maximum Gasteiger partial charge on any atom is 0.241 e. The fourth-order valence-electron chi connectivity index (χ4n) is 3.36.